The number of carbonyl (C=O) groups is 2. The molecule has 0 unspecified atom stereocenters. The van der Waals surface area contributed by atoms with Gasteiger partial charge in [0.15, 0.2) is 0 Å². The topological polar surface area (TPSA) is 88.0 Å². The molecule has 2 aromatic carbocycles. The van der Waals surface area contributed by atoms with Crippen LogP contribution in [0, 0.1) is 0 Å². The largest absolute Gasteiger partial charge is 0.508 e. The van der Waals surface area contributed by atoms with Crippen LogP contribution in [0.2, 0.25) is 5.02 Å². The Bertz CT molecular complexity index is 883. The molecule has 26 heavy (non-hydrogen) atoms. The summed E-state index contributed by atoms with van der Waals surface area (Å²) >= 11 is 7.27. The summed E-state index contributed by atoms with van der Waals surface area (Å²) in [4.78, 5) is 28.3. The maximum absolute atomic E-state index is 12.2. The van der Waals surface area contributed by atoms with Gasteiger partial charge in [0.25, 0.3) is 5.91 Å². The number of nitrogens with zero attached hydrogens (tertiary/aromatic N) is 1. The molecule has 0 fully saturated rings. The molecule has 134 valence electrons. The number of anilines is 1. The second-order valence-electron chi connectivity index (χ2n) is 5.51. The van der Waals surface area contributed by atoms with Crippen LogP contribution in [0.5, 0.6) is 11.5 Å². The van der Waals surface area contributed by atoms with Gasteiger partial charge in [-0.05, 0) is 42.5 Å². The summed E-state index contributed by atoms with van der Waals surface area (Å²) in [6, 6.07) is 11.3. The van der Waals surface area contributed by atoms with E-state index in [0.717, 1.165) is 5.56 Å². The zero-order chi connectivity index (χ0) is 18.7. The number of ether oxygens (including phenoxy) is 1. The number of halogens is 1. The average molecular weight is 391 g/mol. The molecule has 2 N–H and O–H groups in total. The smallest absolute Gasteiger partial charge is 0.260 e. The average Bonchev–Trinajstić information content (AvgIpc) is 2.96. The maximum Gasteiger partial charge on any atom is 0.260 e. The van der Waals surface area contributed by atoms with Crippen molar-refractivity contribution in [3.8, 4) is 11.5 Å². The monoisotopic (exact) mass is 390 g/mol. The Morgan fingerprint density at radius 1 is 1.31 bits per heavy atom. The normalized spacial score (nSPS) is 16.3. The van der Waals surface area contributed by atoms with Crippen LogP contribution in [0.3, 0.4) is 0 Å². The van der Waals surface area contributed by atoms with Gasteiger partial charge in [-0.25, -0.2) is 4.99 Å². The van der Waals surface area contributed by atoms with Crippen LogP contribution in [-0.2, 0) is 9.59 Å². The van der Waals surface area contributed by atoms with E-state index in [1.807, 2.05) is 0 Å². The van der Waals surface area contributed by atoms with Crippen molar-refractivity contribution in [2.75, 3.05) is 12.4 Å². The van der Waals surface area contributed by atoms with Gasteiger partial charge in [-0.1, -0.05) is 23.4 Å². The molecule has 1 aliphatic heterocycles. The summed E-state index contributed by atoms with van der Waals surface area (Å²) in [5.74, 6) is -0.00360. The van der Waals surface area contributed by atoms with Crippen molar-refractivity contribution in [2.45, 2.75) is 11.7 Å². The fourth-order valence-corrected chi connectivity index (χ4v) is 3.70. The molecule has 0 aromatic heterocycles. The number of benzene rings is 2. The molecule has 1 atom stereocenters. The van der Waals surface area contributed by atoms with Gasteiger partial charge in [-0.2, -0.15) is 0 Å². The van der Waals surface area contributed by atoms with Crippen LogP contribution in [0.1, 0.15) is 12.0 Å². The summed E-state index contributed by atoms with van der Waals surface area (Å²) in [5, 5.41) is 12.4. The van der Waals surface area contributed by atoms with Crippen molar-refractivity contribution in [2.24, 2.45) is 4.99 Å². The predicted molar refractivity (Wildman–Crippen MR) is 102 cm³/mol. The molecule has 0 aliphatic carbocycles. The third kappa shape index (κ3) is 4.17. The summed E-state index contributed by atoms with van der Waals surface area (Å²) in [5.41, 5.74) is 1.25. The number of aromatic hydroxyl groups is 1. The van der Waals surface area contributed by atoms with E-state index in [2.05, 4.69) is 10.3 Å². The Balaban J connectivity index is 1.61. The number of nitrogens with one attached hydrogen (secondary N) is 1. The number of phenols is 1. The number of amides is 2. The van der Waals surface area contributed by atoms with Gasteiger partial charge >= 0.3 is 0 Å². The first kappa shape index (κ1) is 18.3. The van der Waals surface area contributed by atoms with E-state index in [1.165, 1.54) is 31.0 Å². The molecule has 0 radical (unpaired) electrons. The standard InChI is InChI=1S/C18H15ClN2O4S/c1-25-14-7-4-11(8-13(14)19)20-16(23)9-15-17(24)21-18(26-15)10-2-5-12(22)6-3-10/h2-8,15,22H,9H2,1H3,(H,20,23)/t15-/m1/s1. The molecular formula is C18H15ClN2O4S. The highest BCUT2D eigenvalue weighted by Crippen LogP contribution is 2.31. The molecule has 3 rings (SSSR count). The maximum atomic E-state index is 12.2. The number of carbonyl (C=O) groups excluding carboxylic acids is 2. The molecule has 6 nitrogen and oxygen atoms in total. The van der Waals surface area contributed by atoms with Crippen LogP contribution >= 0.6 is 23.4 Å². The van der Waals surface area contributed by atoms with Crippen LogP contribution < -0.4 is 10.1 Å². The van der Waals surface area contributed by atoms with Gasteiger partial charge in [0.1, 0.15) is 21.8 Å². The Labute approximate surface area is 159 Å². The molecule has 0 bridgehead atoms. The van der Waals surface area contributed by atoms with Gasteiger partial charge in [0, 0.05) is 17.7 Å². The summed E-state index contributed by atoms with van der Waals surface area (Å²) in [7, 11) is 1.51. The van der Waals surface area contributed by atoms with Crippen LogP contribution in [0.4, 0.5) is 5.69 Å². The minimum atomic E-state index is -0.576. The molecule has 1 aliphatic rings. The van der Waals surface area contributed by atoms with Crippen molar-refractivity contribution in [1.29, 1.82) is 0 Å². The molecule has 2 amide bonds. The molecule has 0 saturated carbocycles. The van der Waals surface area contributed by atoms with Crippen molar-refractivity contribution in [3.05, 3.63) is 53.1 Å². The second-order valence-corrected chi connectivity index (χ2v) is 7.11. The SMILES string of the molecule is COc1ccc(NC(=O)C[C@H]2SC(c3ccc(O)cc3)=NC2=O)cc1Cl. The van der Waals surface area contributed by atoms with E-state index in [9.17, 15) is 14.7 Å². The van der Waals surface area contributed by atoms with Crippen LogP contribution in [-0.4, -0.2) is 34.3 Å². The molecule has 8 heteroatoms. The minimum absolute atomic E-state index is 0.00175. The lowest BCUT2D eigenvalue weighted by Gasteiger charge is -2.10. The Kier molecular flexibility index (Phi) is 5.49. The van der Waals surface area contributed by atoms with E-state index in [-0.39, 0.29) is 24.0 Å². The third-order valence-corrected chi connectivity index (χ3v) is 5.16. The van der Waals surface area contributed by atoms with Crippen LogP contribution in [0.25, 0.3) is 0 Å². The Hall–Kier alpha value is -2.51. The first-order valence-corrected chi connectivity index (χ1v) is 8.94. The Morgan fingerprint density at radius 3 is 2.69 bits per heavy atom. The fourth-order valence-electron chi connectivity index (χ4n) is 2.37. The van der Waals surface area contributed by atoms with Crippen molar-refractivity contribution in [3.63, 3.8) is 0 Å². The zero-order valence-corrected chi connectivity index (χ0v) is 15.3. The van der Waals surface area contributed by atoms with Gasteiger partial charge in [0.2, 0.25) is 5.91 Å². The second kappa shape index (κ2) is 7.80. The van der Waals surface area contributed by atoms with Gasteiger partial charge in [-0.3, -0.25) is 9.59 Å². The fraction of sp³-hybridized carbons (Fsp3) is 0.167. The van der Waals surface area contributed by atoms with E-state index in [4.69, 9.17) is 16.3 Å². The summed E-state index contributed by atoms with van der Waals surface area (Å²) in [6.07, 6.45) is -0.00175. The number of hydrogen-bond donors (Lipinski definition) is 2. The number of aliphatic imine (C=N–C) groups is 1. The highest BCUT2D eigenvalue weighted by atomic mass is 35.5. The summed E-state index contributed by atoms with van der Waals surface area (Å²) < 4.78 is 5.06. The molecule has 1 heterocycles. The van der Waals surface area contributed by atoms with Gasteiger partial charge < -0.3 is 15.2 Å². The van der Waals surface area contributed by atoms with Crippen molar-refractivity contribution >= 4 is 45.9 Å². The number of rotatable bonds is 5. The third-order valence-electron chi connectivity index (χ3n) is 3.66. The first-order chi connectivity index (χ1) is 12.5. The summed E-state index contributed by atoms with van der Waals surface area (Å²) in [6.45, 7) is 0. The molecule has 2 aromatic rings. The zero-order valence-electron chi connectivity index (χ0n) is 13.7. The molecule has 0 saturated heterocycles. The number of methoxy groups -OCH3 is 1. The van der Waals surface area contributed by atoms with E-state index >= 15 is 0 Å². The molecular weight excluding hydrogens is 376 g/mol. The predicted octanol–water partition coefficient (Wildman–Crippen LogP) is 3.47. The lowest BCUT2D eigenvalue weighted by Crippen LogP contribution is -2.21. The lowest BCUT2D eigenvalue weighted by molar-refractivity contribution is -0.121. The van der Waals surface area contributed by atoms with Gasteiger partial charge in [0.05, 0.1) is 12.1 Å². The number of hydrogen-bond acceptors (Lipinski definition) is 5. The first-order valence-electron chi connectivity index (χ1n) is 7.68. The Morgan fingerprint density at radius 2 is 2.04 bits per heavy atom. The lowest BCUT2D eigenvalue weighted by atomic mass is 10.2. The highest BCUT2D eigenvalue weighted by molar-refractivity contribution is 8.16. The van der Waals surface area contributed by atoms with E-state index < -0.39 is 5.25 Å². The van der Waals surface area contributed by atoms with Crippen molar-refractivity contribution in [1.82, 2.24) is 0 Å². The van der Waals surface area contributed by atoms with E-state index in [0.29, 0.717) is 21.5 Å². The highest BCUT2D eigenvalue weighted by Gasteiger charge is 2.31. The van der Waals surface area contributed by atoms with Gasteiger partial charge in [-0.15, -0.1) is 0 Å². The van der Waals surface area contributed by atoms with Crippen molar-refractivity contribution < 1.29 is 19.4 Å². The quantitative estimate of drug-likeness (QED) is 0.816. The number of thioether (sulfide) groups is 1. The molecule has 0 spiro atoms. The van der Waals surface area contributed by atoms with E-state index in [1.54, 1.807) is 30.3 Å². The number of phenolic OH excluding ortho intramolecular Hbond substituents is 1. The van der Waals surface area contributed by atoms with Crippen LogP contribution in [0.15, 0.2) is 47.5 Å². The minimum Gasteiger partial charge on any atom is -0.508 e.